The van der Waals surface area contributed by atoms with E-state index in [4.69, 9.17) is 10.2 Å². The number of hydrogen-bond donors (Lipinski definition) is 2. The van der Waals surface area contributed by atoms with Gasteiger partial charge in [0.15, 0.2) is 0 Å². The van der Waals surface area contributed by atoms with E-state index in [1.807, 2.05) is 0 Å². The van der Waals surface area contributed by atoms with Crippen LogP contribution in [0.1, 0.15) is 25.7 Å². The molecule has 70 valence electrons. The third kappa shape index (κ3) is 2.61. The van der Waals surface area contributed by atoms with Crippen molar-refractivity contribution in [1.82, 2.24) is 0 Å². The molecule has 1 rings (SSSR count). The predicted molar refractivity (Wildman–Crippen MR) is 48.8 cm³/mol. The van der Waals surface area contributed by atoms with Gasteiger partial charge in [0, 0.05) is 13.2 Å². The van der Waals surface area contributed by atoms with Gasteiger partial charge in [-0.1, -0.05) is 12.2 Å². The van der Waals surface area contributed by atoms with Crippen LogP contribution in [0, 0.1) is 11.8 Å². The monoisotopic (exact) mass is 170 g/mol. The molecular weight excluding hydrogens is 152 g/mol. The molecule has 2 unspecified atom stereocenters. The standard InChI is InChI=1S/C10H18O2/c11-7-5-9-3-1-2-4-10(9)6-8-12/h1,3,9-12H,2,4-8H2. The van der Waals surface area contributed by atoms with Crippen molar-refractivity contribution >= 4 is 0 Å². The highest BCUT2D eigenvalue weighted by Gasteiger charge is 2.20. The van der Waals surface area contributed by atoms with E-state index >= 15 is 0 Å². The van der Waals surface area contributed by atoms with Crippen molar-refractivity contribution in [2.75, 3.05) is 13.2 Å². The van der Waals surface area contributed by atoms with Crippen LogP contribution in [0.5, 0.6) is 0 Å². The molecule has 0 aromatic heterocycles. The fourth-order valence-electron chi connectivity index (χ4n) is 1.96. The smallest absolute Gasteiger partial charge is 0.0436 e. The topological polar surface area (TPSA) is 40.5 Å². The first-order chi connectivity index (χ1) is 5.88. The highest BCUT2D eigenvalue weighted by molar-refractivity contribution is 4.96. The molecule has 0 aliphatic heterocycles. The van der Waals surface area contributed by atoms with E-state index in [1.165, 1.54) is 6.42 Å². The van der Waals surface area contributed by atoms with E-state index in [0.29, 0.717) is 11.8 Å². The van der Waals surface area contributed by atoms with E-state index in [9.17, 15) is 0 Å². The maximum Gasteiger partial charge on any atom is 0.0436 e. The summed E-state index contributed by atoms with van der Waals surface area (Å²) in [6, 6.07) is 0. The van der Waals surface area contributed by atoms with Gasteiger partial charge in [-0.3, -0.25) is 0 Å². The van der Waals surface area contributed by atoms with Gasteiger partial charge in [0.1, 0.15) is 0 Å². The SMILES string of the molecule is OCCC1C=CCCC1CCO. The summed E-state index contributed by atoms with van der Waals surface area (Å²) in [5.74, 6) is 1.09. The number of aliphatic hydroxyl groups is 2. The third-order valence-electron chi connectivity index (χ3n) is 2.66. The fraction of sp³-hybridized carbons (Fsp3) is 0.800. The maximum absolute atomic E-state index is 8.82. The minimum atomic E-state index is 0.261. The summed E-state index contributed by atoms with van der Waals surface area (Å²) in [4.78, 5) is 0. The Labute approximate surface area is 73.9 Å². The molecule has 2 heteroatoms. The normalized spacial score (nSPS) is 29.2. The summed E-state index contributed by atoms with van der Waals surface area (Å²) in [6.07, 6.45) is 8.42. The summed E-state index contributed by atoms with van der Waals surface area (Å²) >= 11 is 0. The summed E-state index contributed by atoms with van der Waals surface area (Å²) in [7, 11) is 0. The molecule has 0 bridgehead atoms. The lowest BCUT2D eigenvalue weighted by molar-refractivity contribution is 0.194. The molecule has 2 atom stereocenters. The minimum absolute atomic E-state index is 0.261. The van der Waals surface area contributed by atoms with Crippen molar-refractivity contribution in [3.63, 3.8) is 0 Å². The molecule has 0 saturated heterocycles. The van der Waals surface area contributed by atoms with Gasteiger partial charge in [-0.05, 0) is 37.5 Å². The molecule has 2 N–H and O–H groups in total. The minimum Gasteiger partial charge on any atom is -0.396 e. The molecule has 0 spiro atoms. The first-order valence-electron chi connectivity index (χ1n) is 4.77. The molecule has 0 heterocycles. The Morgan fingerprint density at radius 3 is 2.58 bits per heavy atom. The highest BCUT2D eigenvalue weighted by Crippen LogP contribution is 2.29. The zero-order chi connectivity index (χ0) is 8.81. The molecule has 1 aliphatic rings. The van der Waals surface area contributed by atoms with Gasteiger partial charge in [-0.15, -0.1) is 0 Å². The van der Waals surface area contributed by atoms with Crippen molar-refractivity contribution in [2.45, 2.75) is 25.7 Å². The zero-order valence-corrected chi connectivity index (χ0v) is 7.45. The molecule has 2 nitrogen and oxygen atoms in total. The van der Waals surface area contributed by atoms with Gasteiger partial charge in [-0.2, -0.15) is 0 Å². The lowest BCUT2D eigenvalue weighted by atomic mass is 9.80. The second-order valence-electron chi connectivity index (χ2n) is 3.45. The summed E-state index contributed by atoms with van der Waals surface area (Å²) in [5, 5.41) is 17.6. The highest BCUT2D eigenvalue weighted by atomic mass is 16.3. The number of hydrogen-bond acceptors (Lipinski definition) is 2. The van der Waals surface area contributed by atoms with Crippen LogP contribution in [0.3, 0.4) is 0 Å². The summed E-state index contributed by atoms with van der Waals surface area (Å²) in [6.45, 7) is 0.539. The number of allylic oxidation sites excluding steroid dienone is 2. The summed E-state index contributed by atoms with van der Waals surface area (Å²) in [5.41, 5.74) is 0. The molecule has 12 heavy (non-hydrogen) atoms. The zero-order valence-electron chi connectivity index (χ0n) is 7.45. The fourth-order valence-corrected chi connectivity index (χ4v) is 1.96. The van der Waals surface area contributed by atoms with Crippen LogP contribution in [-0.4, -0.2) is 23.4 Å². The predicted octanol–water partition coefficient (Wildman–Crippen LogP) is 1.33. The van der Waals surface area contributed by atoms with Gasteiger partial charge in [0.2, 0.25) is 0 Å². The lowest BCUT2D eigenvalue weighted by Crippen LogP contribution is -2.18. The van der Waals surface area contributed by atoms with E-state index in [0.717, 1.165) is 19.3 Å². The third-order valence-corrected chi connectivity index (χ3v) is 2.66. The number of aliphatic hydroxyl groups excluding tert-OH is 2. The molecule has 0 radical (unpaired) electrons. The van der Waals surface area contributed by atoms with Crippen molar-refractivity contribution in [2.24, 2.45) is 11.8 Å². The van der Waals surface area contributed by atoms with E-state index < -0.39 is 0 Å². The Balaban J connectivity index is 2.41. The van der Waals surface area contributed by atoms with Gasteiger partial charge < -0.3 is 10.2 Å². The second kappa shape index (κ2) is 5.33. The van der Waals surface area contributed by atoms with E-state index in [1.54, 1.807) is 0 Å². The van der Waals surface area contributed by atoms with Gasteiger partial charge in [0.05, 0.1) is 0 Å². The molecule has 0 saturated carbocycles. The van der Waals surface area contributed by atoms with Crippen molar-refractivity contribution < 1.29 is 10.2 Å². The average Bonchev–Trinajstić information content (AvgIpc) is 2.09. The Bertz CT molecular complexity index is 143. The van der Waals surface area contributed by atoms with Gasteiger partial charge in [-0.25, -0.2) is 0 Å². The van der Waals surface area contributed by atoms with Crippen molar-refractivity contribution in [1.29, 1.82) is 0 Å². The Morgan fingerprint density at radius 1 is 1.17 bits per heavy atom. The molecule has 0 aromatic rings. The van der Waals surface area contributed by atoms with Crippen LogP contribution in [0.2, 0.25) is 0 Å². The first-order valence-corrected chi connectivity index (χ1v) is 4.77. The van der Waals surface area contributed by atoms with Crippen LogP contribution in [0.15, 0.2) is 12.2 Å². The van der Waals surface area contributed by atoms with Crippen LogP contribution in [0.25, 0.3) is 0 Å². The molecule has 0 fully saturated rings. The Hall–Kier alpha value is -0.340. The molecule has 0 amide bonds. The van der Waals surface area contributed by atoms with Gasteiger partial charge >= 0.3 is 0 Å². The Kier molecular flexibility index (Phi) is 4.33. The first kappa shape index (κ1) is 9.75. The quantitative estimate of drug-likeness (QED) is 0.625. The van der Waals surface area contributed by atoms with Crippen molar-refractivity contribution in [3.05, 3.63) is 12.2 Å². The average molecular weight is 170 g/mol. The van der Waals surface area contributed by atoms with Crippen LogP contribution in [-0.2, 0) is 0 Å². The molecule has 1 aliphatic carbocycles. The van der Waals surface area contributed by atoms with Crippen molar-refractivity contribution in [3.8, 4) is 0 Å². The Morgan fingerprint density at radius 2 is 1.92 bits per heavy atom. The lowest BCUT2D eigenvalue weighted by Gasteiger charge is -2.26. The summed E-state index contributed by atoms with van der Waals surface area (Å²) < 4.78 is 0. The van der Waals surface area contributed by atoms with E-state index in [-0.39, 0.29) is 13.2 Å². The largest absolute Gasteiger partial charge is 0.396 e. The second-order valence-corrected chi connectivity index (χ2v) is 3.45. The van der Waals surface area contributed by atoms with Crippen LogP contribution < -0.4 is 0 Å². The molecular formula is C10H18O2. The maximum atomic E-state index is 8.82. The van der Waals surface area contributed by atoms with Crippen LogP contribution in [0.4, 0.5) is 0 Å². The van der Waals surface area contributed by atoms with Gasteiger partial charge in [0.25, 0.3) is 0 Å². The van der Waals surface area contributed by atoms with E-state index in [2.05, 4.69) is 12.2 Å². The number of rotatable bonds is 4. The van der Waals surface area contributed by atoms with Crippen LogP contribution >= 0.6 is 0 Å². The molecule has 0 aromatic carbocycles.